The molecule has 3 aromatic rings. The summed E-state index contributed by atoms with van der Waals surface area (Å²) in [7, 11) is 1.81. The Morgan fingerprint density at radius 1 is 0.903 bits per heavy atom. The fourth-order valence-electron chi connectivity index (χ4n) is 3.10. The van der Waals surface area contributed by atoms with Gasteiger partial charge in [0.2, 0.25) is 0 Å². The van der Waals surface area contributed by atoms with Gasteiger partial charge in [-0.1, -0.05) is 59.6 Å². The third-order valence-electron chi connectivity index (χ3n) is 4.31. The van der Waals surface area contributed by atoms with E-state index < -0.39 is 0 Å². The van der Waals surface area contributed by atoms with Gasteiger partial charge in [-0.05, 0) is 31.0 Å². The molecule has 0 radical (unpaired) electrons. The van der Waals surface area contributed by atoms with Crippen LogP contribution >= 0.6 is 0 Å². The summed E-state index contributed by atoms with van der Waals surface area (Å²) in [5.74, 6) is 2.80. The van der Waals surface area contributed by atoms with E-state index in [1.54, 1.807) is 17.3 Å². The second-order valence-corrected chi connectivity index (χ2v) is 6.16. The van der Waals surface area contributed by atoms with Crippen LogP contribution in [0.4, 0.5) is 0 Å². The van der Waals surface area contributed by atoms with Gasteiger partial charge < -0.3 is 4.90 Å². The number of benzene rings is 1. The van der Waals surface area contributed by atoms with Crippen LogP contribution in [0.25, 0.3) is 10.8 Å². The average Bonchev–Trinajstić information content (AvgIpc) is 3.12. The summed E-state index contributed by atoms with van der Waals surface area (Å²) in [5, 5.41) is 2.25. The first-order chi connectivity index (χ1) is 15.0. The Kier molecular flexibility index (Phi) is 13.2. The molecule has 0 spiro atoms. The molecule has 0 saturated carbocycles. The van der Waals surface area contributed by atoms with E-state index in [2.05, 4.69) is 15.9 Å². The molecule has 0 fully saturated rings. The molecule has 0 saturated heterocycles. The fraction of sp³-hybridized carbons (Fsp3) is 0.370. The van der Waals surface area contributed by atoms with E-state index in [9.17, 15) is 4.79 Å². The van der Waals surface area contributed by atoms with Crippen LogP contribution in [0.15, 0.2) is 43.0 Å². The minimum Gasteiger partial charge on any atom is -0.337 e. The van der Waals surface area contributed by atoms with Crippen molar-refractivity contribution in [1.82, 2.24) is 14.9 Å². The fourth-order valence-corrected chi connectivity index (χ4v) is 3.10. The van der Waals surface area contributed by atoms with Gasteiger partial charge in [0.25, 0.3) is 5.91 Å². The maximum absolute atomic E-state index is 11.5. The molecule has 1 amide bonds. The van der Waals surface area contributed by atoms with Crippen molar-refractivity contribution in [3.05, 3.63) is 70.8 Å². The predicted molar refractivity (Wildman–Crippen MR) is 133 cm³/mol. The number of nitrogens with zero attached hydrogens (tertiary/aromatic N) is 3. The smallest absolute Gasteiger partial charge is 0.254 e. The number of hydrogen-bond donors (Lipinski definition) is 0. The van der Waals surface area contributed by atoms with Crippen molar-refractivity contribution in [1.29, 1.82) is 0 Å². The minimum atomic E-state index is 0.116. The summed E-state index contributed by atoms with van der Waals surface area (Å²) < 4.78 is 0. The van der Waals surface area contributed by atoms with Crippen LogP contribution in [0.5, 0.6) is 0 Å². The van der Waals surface area contributed by atoms with Crippen LogP contribution < -0.4 is 0 Å². The van der Waals surface area contributed by atoms with Gasteiger partial charge in [0.15, 0.2) is 0 Å². The average molecular weight is 420 g/mol. The maximum Gasteiger partial charge on any atom is 0.254 e. The molecule has 4 rings (SSSR count). The van der Waals surface area contributed by atoms with Gasteiger partial charge >= 0.3 is 0 Å². The third-order valence-corrected chi connectivity index (χ3v) is 4.31. The zero-order valence-electron chi connectivity index (χ0n) is 20.6. The number of aromatic nitrogens is 2. The van der Waals surface area contributed by atoms with E-state index in [0.717, 1.165) is 38.6 Å². The second-order valence-electron chi connectivity index (χ2n) is 6.16. The first-order valence-electron chi connectivity index (χ1n) is 11.0. The molecular formula is C27H37N3O. The van der Waals surface area contributed by atoms with Crippen molar-refractivity contribution in [2.75, 3.05) is 7.05 Å². The first kappa shape index (κ1) is 27.8. The maximum atomic E-state index is 11.5. The summed E-state index contributed by atoms with van der Waals surface area (Å²) in [6, 6.07) is 5.93. The molecule has 31 heavy (non-hydrogen) atoms. The molecule has 1 aliphatic rings. The Morgan fingerprint density at radius 3 is 2.06 bits per heavy atom. The lowest BCUT2D eigenvalue weighted by Crippen LogP contribution is -2.17. The standard InChI is InChI=1S/C12H9N.C9H10N2O.3C2H6/c1-3-10-5-4-6-11-8-13-7-9(2)12(10)11;1-6-3-10-4-7-5-11(2)9(12)8(6)7;3*1-2/h1,4-8H,2H3;3-4H,5H2,1-2H3;3*1-2H3. The Hall–Kier alpha value is -3.19. The number of terminal acetylenes is 1. The van der Waals surface area contributed by atoms with Crippen LogP contribution in [-0.2, 0) is 6.54 Å². The lowest BCUT2D eigenvalue weighted by Gasteiger charge is -2.04. The molecular weight excluding hydrogens is 382 g/mol. The predicted octanol–water partition coefficient (Wildman–Crippen LogP) is 6.58. The molecule has 0 N–H and O–H groups in total. The molecule has 4 heteroatoms. The number of aryl methyl sites for hydroxylation is 2. The van der Waals surface area contributed by atoms with Gasteiger partial charge in [-0.25, -0.2) is 0 Å². The van der Waals surface area contributed by atoms with Crippen LogP contribution in [0.1, 0.15) is 74.2 Å². The molecule has 1 aromatic carbocycles. The zero-order chi connectivity index (χ0) is 24.0. The normalized spacial score (nSPS) is 10.6. The van der Waals surface area contributed by atoms with Gasteiger partial charge in [0, 0.05) is 60.3 Å². The molecule has 0 atom stereocenters. The van der Waals surface area contributed by atoms with Gasteiger partial charge in [-0.2, -0.15) is 0 Å². The number of fused-ring (bicyclic) bond motifs is 2. The number of carbonyl (C=O) groups excluding carboxylic acids is 1. The highest BCUT2D eigenvalue weighted by atomic mass is 16.2. The summed E-state index contributed by atoms with van der Waals surface area (Å²) in [5.41, 5.74) is 4.93. The van der Waals surface area contributed by atoms with E-state index >= 15 is 0 Å². The highest BCUT2D eigenvalue weighted by molar-refractivity contribution is 5.99. The van der Waals surface area contributed by atoms with Crippen LogP contribution in [0.3, 0.4) is 0 Å². The van der Waals surface area contributed by atoms with Crippen LogP contribution in [0.2, 0.25) is 0 Å². The summed E-state index contributed by atoms with van der Waals surface area (Å²) in [6.07, 6.45) is 12.6. The molecule has 0 aliphatic carbocycles. The largest absolute Gasteiger partial charge is 0.337 e. The molecule has 1 aliphatic heterocycles. The monoisotopic (exact) mass is 419 g/mol. The van der Waals surface area contributed by atoms with E-state index in [-0.39, 0.29) is 5.91 Å². The Morgan fingerprint density at radius 2 is 1.48 bits per heavy atom. The Labute approximate surface area is 188 Å². The number of amides is 1. The van der Waals surface area contributed by atoms with Crippen molar-refractivity contribution >= 4 is 16.7 Å². The number of rotatable bonds is 0. The number of carbonyl (C=O) groups is 1. The van der Waals surface area contributed by atoms with Crippen molar-refractivity contribution in [3.63, 3.8) is 0 Å². The molecule has 0 bridgehead atoms. The van der Waals surface area contributed by atoms with Crippen molar-refractivity contribution < 1.29 is 4.79 Å². The lowest BCUT2D eigenvalue weighted by atomic mass is 10.0. The highest BCUT2D eigenvalue weighted by Gasteiger charge is 2.25. The summed E-state index contributed by atoms with van der Waals surface area (Å²) in [6.45, 7) is 16.6. The molecule has 2 aromatic heterocycles. The van der Waals surface area contributed by atoms with Crippen molar-refractivity contribution in [2.24, 2.45) is 0 Å². The number of pyridine rings is 2. The second kappa shape index (κ2) is 14.7. The molecule has 4 nitrogen and oxygen atoms in total. The molecule has 0 unspecified atom stereocenters. The van der Waals surface area contributed by atoms with Gasteiger partial charge in [-0.15, -0.1) is 6.42 Å². The molecule has 3 heterocycles. The van der Waals surface area contributed by atoms with Gasteiger partial charge in [0.05, 0.1) is 5.56 Å². The van der Waals surface area contributed by atoms with Gasteiger partial charge in [0.1, 0.15) is 0 Å². The van der Waals surface area contributed by atoms with Crippen molar-refractivity contribution in [3.8, 4) is 12.3 Å². The third kappa shape index (κ3) is 6.93. The van der Waals surface area contributed by atoms with Crippen LogP contribution in [0, 0.1) is 26.2 Å². The summed E-state index contributed by atoms with van der Waals surface area (Å²) in [4.78, 5) is 21.4. The van der Waals surface area contributed by atoms with E-state index in [4.69, 9.17) is 6.42 Å². The quantitative estimate of drug-likeness (QED) is 0.387. The lowest BCUT2D eigenvalue weighted by molar-refractivity contribution is 0.0816. The zero-order valence-corrected chi connectivity index (χ0v) is 20.6. The summed E-state index contributed by atoms with van der Waals surface area (Å²) >= 11 is 0. The Balaban J connectivity index is 0.000000470. The Bertz CT molecular complexity index is 998. The number of hydrogen-bond acceptors (Lipinski definition) is 3. The van der Waals surface area contributed by atoms with E-state index in [0.29, 0.717) is 6.54 Å². The topological polar surface area (TPSA) is 46.1 Å². The van der Waals surface area contributed by atoms with Gasteiger partial charge in [-0.3, -0.25) is 14.8 Å². The van der Waals surface area contributed by atoms with E-state index in [1.807, 2.05) is 93.0 Å². The van der Waals surface area contributed by atoms with Crippen molar-refractivity contribution in [2.45, 2.75) is 61.9 Å². The first-order valence-corrected chi connectivity index (χ1v) is 11.0. The minimum absolute atomic E-state index is 0.116. The SMILES string of the molecule is C#Cc1cccc2cncc(C)c12.CC.CC.CC.Cc1cncc2c1C(=O)N(C)C2. The highest BCUT2D eigenvalue weighted by Crippen LogP contribution is 2.23. The van der Waals surface area contributed by atoms with E-state index in [1.165, 1.54) is 0 Å². The molecule has 166 valence electrons. The van der Waals surface area contributed by atoms with Crippen LogP contribution in [-0.4, -0.2) is 27.8 Å².